The van der Waals surface area contributed by atoms with E-state index in [1.165, 1.54) is 24.1 Å². The molecule has 0 radical (unpaired) electrons. The Balaban J connectivity index is 1.47. The molecule has 2 aromatic rings. The molecular weight excluding hydrogens is 478 g/mol. The van der Waals surface area contributed by atoms with Gasteiger partial charge < -0.3 is 9.80 Å². The lowest BCUT2D eigenvalue weighted by Crippen LogP contribution is -2.49. The highest BCUT2D eigenvalue weighted by Gasteiger charge is 2.33. The number of nitrogens with zero attached hydrogens (tertiary/aromatic N) is 7. The van der Waals surface area contributed by atoms with Gasteiger partial charge in [-0.2, -0.15) is 4.31 Å². The number of rotatable bonds is 6. The topological polar surface area (TPSA) is 156 Å². The van der Waals surface area contributed by atoms with Gasteiger partial charge in [0, 0.05) is 51.4 Å². The van der Waals surface area contributed by atoms with Gasteiger partial charge in [-0.3, -0.25) is 20.2 Å². The minimum Gasteiger partial charge on any atom is -0.355 e. The van der Waals surface area contributed by atoms with Gasteiger partial charge in [0.05, 0.1) is 14.7 Å². The molecule has 2 aliphatic heterocycles. The number of aromatic nitrogens is 2. The molecule has 0 amide bonds. The van der Waals surface area contributed by atoms with Gasteiger partial charge in [-0.15, -0.1) is 10.2 Å². The van der Waals surface area contributed by atoms with Crippen LogP contribution >= 0.6 is 0 Å². The van der Waals surface area contributed by atoms with Crippen molar-refractivity contribution in [1.29, 1.82) is 0 Å². The second-order valence-corrected chi connectivity index (χ2v) is 10.6. The number of hydrogen-bond donors (Lipinski definition) is 0. The molecule has 1 aromatic heterocycles. The Morgan fingerprint density at radius 1 is 0.771 bits per heavy atom. The zero-order valence-corrected chi connectivity index (χ0v) is 20.2. The van der Waals surface area contributed by atoms with E-state index in [2.05, 4.69) is 15.1 Å². The first-order valence-electron chi connectivity index (χ1n) is 11.5. The minimum atomic E-state index is -4.17. The molecule has 35 heavy (non-hydrogen) atoms. The Hall–Kier alpha value is -3.39. The fourth-order valence-corrected chi connectivity index (χ4v) is 5.91. The van der Waals surface area contributed by atoms with Crippen LogP contribution in [0.25, 0.3) is 0 Å². The number of piperazine rings is 1. The van der Waals surface area contributed by atoms with Crippen LogP contribution in [0.4, 0.5) is 23.0 Å². The van der Waals surface area contributed by atoms with Gasteiger partial charge in [-0.05, 0) is 31.9 Å². The molecule has 0 N–H and O–H groups in total. The van der Waals surface area contributed by atoms with Crippen molar-refractivity contribution in [2.24, 2.45) is 0 Å². The molecule has 14 heteroatoms. The van der Waals surface area contributed by atoms with Crippen LogP contribution in [0.1, 0.15) is 31.2 Å². The predicted molar refractivity (Wildman–Crippen MR) is 128 cm³/mol. The monoisotopic (exact) mass is 505 g/mol. The van der Waals surface area contributed by atoms with E-state index in [0.29, 0.717) is 18.9 Å². The van der Waals surface area contributed by atoms with Crippen LogP contribution in [0.3, 0.4) is 0 Å². The number of benzene rings is 1. The highest BCUT2D eigenvalue weighted by molar-refractivity contribution is 7.89. The van der Waals surface area contributed by atoms with Crippen LogP contribution in [0.15, 0.2) is 29.2 Å². The summed E-state index contributed by atoms with van der Waals surface area (Å²) in [7, 11) is -4.17. The maximum atomic E-state index is 13.2. The summed E-state index contributed by atoms with van der Waals surface area (Å²) in [6.45, 7) is 4.03. The lowest BCUT2D eigenvalue weighted by atomic mass is 10.1. The normalized spacial score (nSPS) is 17.7. The Kier molecular flexibility index (Phi) is 7.12. The number of anilines is 2. The summed E-state index contributed by atoms with van der Waals surface area (Å²) >= 11 is 0. The van der Waals surface area contributed by atoms with E-state index in [-0.39, 0.29) is 18.7 Å². The van der Waals surface area contributed by atoms with E-state index in [9.17, 15) is 28.6 Å². The SMILES string of the molecule is Cc1c([N+](=O)[O-])cc(S(=O)(=O)N2CCN(c3ccc(N4CCCCCC4)nn3)CC2)cc1[N+](=O)[O-]. The zero-order chi connectivity index (χ0) is 25.2. The van der Waals surface area contributed by atoms with Crippen LogP contribution in [-0.2, 0) is 10.0 Å². The van der Waals surface area contributed by atoms with Crippen molar-refractivity contribution in [3.63, 3.8) is 0 Å². The molecule has 4 rings (SSSR count). The van der Waals surface area contributed by atoms with E-state index in [4.69, 9.17) is 0 Å². The highest BCUT2D eigenvalue weighted by Crippen LogP contribution is 2.33. The van der Waals surface area contributed by atoms with Gasteiger partial charge in [-0.25, -0.2) is 8.42 Å². The summed E-state index contributed by atoms with van der Waals surface area (Å²) in [6, 6.07) is 5.58. The minimum absolute atomic E-state index is 0.105. The quantitative estimate of drug-likeness (QED) is 0.422. The van der Waals surface area contributed by atoms with Crippen LogP contribution < -0.4 is 9.80 Å². The van der Waals surface area contributed by atoms with E-state index < -0.39 is 36.1 Å². The molecule has 0 saturated carbocycles. The van der Waals surface area contributed by atoms with E-state index in [1.54, 1.807) is 0 Å². The van der Waals surface area contributed by atoms with Crippen LogP contribution in [0.5, 0.6) is 0 Å². The summed E-state index contributed by atoms with van der Waals surface area (Å²) in [4.78, 5) is 24.8. The van der Waals surface area contributed by atoms with Crippen molar-refractivity contribution in [3.05, 3.63) is 50.1 Å². The van der Waals surface area contributed by atoms with Gasteiger partial charge in [0.2, 0.25) is 10.0 Å². The van der Waals surface area contributed by atoms with E-state index in [1.807, 2.05) is 17.0 Å². The third-order valence-corrected chi connectivity index (χ3v) is 8.36. The molecule has 188 valence electrons. The van der Waals surface area contributed by atoms with Crippen LogP contribution in [0, 0.1) is 27.2 Å². The number of nitro groups is 2. The standard InChI is InChI=1S/C21H27N7O6S/c1-16-18(27(29)30)14-17(15-19(16)28(31)32)35(33,34)26-12-10-25(11-13-26)21-7-6-20(22-23-21)24-8-4-2-3-5-9-24/h6-7,14-15H,2-5,8-13H2,1H3. The lowest BCUT2D eigenvalue weighted by molar-refractivity contribution is -0.395. The fourth-order valence-electron chi connectivity index (χ4n) is 4.45. The summed E-state index contributed by atoms with van der Waals surface area (Å²) in [6.07, 6.45) is 4.71. The van der Waals surface area contributed by atoms with Crippen molar-refractivity contribution < 1.29 is 18.3 Å². The molecule has 2 saturated heterocycles. The van der Waals surface area contributed by atoms with Gasteiger partial charge in [0.25, 0.3) is 11.4 Å². The molecule has 0 aliphatic carbocycles. The van der Waals surface area contributed by atoms with Crippen LogP contribution in [-0.4, -0.2) is 72.0 Å². The number of nitro benzene ring substituents is 2. The zero-order valence-electron chi connectivity index (χ0n) is 19.4. The maximum Gasteiger partial charge on any atom is 0.280 e. The molecule has 0 spiro atoms. The second kappa shape index (κ2) is 10.1. The van der Waals surface area contributed by atoms with E-state index >= 15 is 0 Å². The maximum absolute atomic E-state index is 13.2. The highest BCUT2D eigenvalue weighted by atomic mass is 32.2. The average molecular weight is 506 g/mol. The van der Waals surface area contributed by atoms with Crippen molar-refractivity contribution in [2.75, 3.05) is 49.1 Å². The van der Waals surface area contributed by atoms with Gasteiger partial charge >= 0.3 is 0 Å². The molecule has 2 fully saturated rings. The number of sulfonamides is 1. The van der Waals surface area contributed by atoms with Crippen molar-refractivity contribution in [1.82, 2.24) is 14.5 Å². The molecule has 13 nitrogen and oxygen atoms in total. The Morgan fingerprint density at radius 2 is 1.23 bits per heavy atom. The second-order valence-electron chi connectivity index (χ2n) is 8.64. The first kappa shape index (κ1) is 24.7. The largest absolute Gasteiger partial charge is 0.355 e. The molecule has 0 atom stereocenters. The van der Waals surface area contributed by atoms with Gasteiger partial charge in [0.15, 0.2) is 11.6 Å². The molecule has 3 heterocycles. The number of hydrogen-bond acceptors (Lipinski definition) is 10. The summed E-state index contributed by atoms with van der Waals surface area (Å²) in [5.74, 6) is 1.47. The Labute approximate surface area is 202 Å². The third kappa shape index (κ3) is 5.17. The van der Waals surface area contributed by atoms with Gasteiger partial charge in [0.1, 0.15) is 5.56 Å². The Bertz CT molecular complexity index is 1170. The summed E-state index contributed by atoms with van der Waals surface area (Å²) in [5, 5.41) is 31.4. The fraction of sp³-hybridized carbons (Fsp3) is 0.524. The summed E-state index contributed by atoms with van der Waals surface area (Å²) in [5.41, 5.74) is -1.39. The lowest BCUT2D eigenvalue weighted by Gasteiger charge is -2.34. The summed E-state index contributed by atoms with van der Waals surface area (Å²) < 4.78 is 27.5. The Morgan fingerprint density at radius 3 is 1.66 bits per heavy atom. The first-order valence-corrected chi connectivity index (χ1v) is 12.9. The molecule has 0 bridgehead atoms. The molecule has 0 unspecified atom stereocenters. The first-order chi connectivity index (χ1) is 16.7. The van der Waals surface area contributed by atoms with Crippen molar-refractivity contribution >= 4 is 33.0 Å². The van der Waals surface area contributed by atoms with Gasteiger partial charge in [-0.1, -0.05) is 12.8 Å². The van der Waals surface area contributed by atoms with Crippen molar-refractivity contribution in [2.45, 2.75) is 37.5 Å². The molecule has 2 aliphatic rings. The van der Waals surface area contributed by atoms with Crippen molar-refractivity contribution in [3.8, 4) is 0 Å². The smallest absolute Gasteiger partial charge is 0.280 e. The molecule has 1 aromatic carbocycles. The van der Waals surface area contributed by atoms with E-state index in [0.717, 1.165) is 43.9 Å². The third-order valence-electron chi connectivity index (χ3n) is 6.49. The average Bonchev–Trinajstić information content (AvgIpc) is 3.13. The van der Waals surface area contributed by atoms with Crippen LogP contribution in [0.2, 0.25) is 0 Å². The predicted octanol–water partition coefficient (Wildman–Crippen LogP) is 2.49. The molecular formula is C21H27N7O6S.